The minimum Gasteiger partial charge on any atom is -0.220 e. The Bertz CT molecular complexity index is 38.1. The van der Waals surface area contributed by atoms with Crippen molar-refractivity contribution >= 4 is 29.2 Å². The van der Waals surface area contributed by atoms with Crippen LogP contribution in [0, 0.1) is 0 Å². The van der Waals surface area contributed by atoms with Crippen LogP contribution in [0.1, 0.15) is 0 Å². The Morgan fingerprint density at radius 3 is 1.67 bits per heavy atom. The molecular weight excluding hydrogens is 116 g/mol. The first-order valence-corrected chi connectivity index (χ1v) is 3.27. The summed E-state index contributed by atoms with van der Waals surface area (Å²) < 4.78 is 0. The Morgan fingerprint density at radius 1 is 1.67 bits per heavy atom. The van der Waals surface area contributed by atoms with Gasteiger partial charge in [-0.25, -0.2) is 4.79 Å². The highest BCUT2D eigenvalue weighted by Gasteiger charge is 1.32. The van der Waals surface area contributed by atoms with Crippen LogP contribution in [0.2, 0.25) is 0 Å². The van der Waals surface area contributed by atoms with Crippen molar-refractivity contribution in [1.29, 1.82) is 0 Å². The Kier molecular flexibility index (Phi) is 30.3. The second-order valence-corrected chi connectivity index (χ2v) is 1.47. The highest BCUT2D eigenvalue weighted by molar-refractivity contribution is 7.97. The fourth-order valence-electron chi connectivity index (χ4n) is 0. The zero-order valence-electron chi connectivity index (χ0n) is 3.72. The Hall–Kier alpha value is 0.150. The van der Waals surface area contributed by atoms with E-state index < -0.39 is 0 Å². The summed E-state index contributed by atoms with van der Waals surface area (Å²) in [6.45, 7) is 0. The van der Waals surface area contributed by atoms with E-state index in [1.807, 2.05) is 12.5 Å². The third kappa shape index (κ3) is 1830. The predicted octanol–water partition coefficient (Wildman–Crippen LogP) is 1.23. The molecule has 6 heavy (non-hydrogen) atoms. The maximum absolute atomic E-state index is 8.50. The van der Waals surface area contributed by atoms with E-state index in [4.69, 9.17) is 4.79 Å². The van der Waals surface area contributed by atoms with Gasteiger partial charge in [0.2, 0.25) is 5.23 Å². The molecule has 0 saturated heterocycles. The Balaban J connectivity index is 0. The third-order valence-corrected chi connectivity index (χ3v) is 0. The first-order chi connectivity index (χ1) is 2.83. The SMILES string of the molecule is CSC.O=C=S. The van der Waals surface area contributed by atoms with Gasteiger partial charge in [0.25, 0.3) is 0 Å². The molecule has 0 aromatic heterocycles. The van der Waals surface area contributed by atoms with Crippen molar-refractivity contribution in [3.63, 3.8) is 0 Å². The summed E-state index contributed by atoms with van der Waals surface area (Å²) in [5.41, 5.74) is 0. The molecule has 0 fully saturated rings. The fraction of sp³-hybridized carbons (Fsp3) is 0.667. The molecule has 0 aliphatic rings. The second-order valence-electron chi connectivity index (χ2n) is 0.492. The van der Waals surface area contributed by atoms with Crippen LogP contribution < -0.4 is 0 Å². The van der Waals surface area contributed by atoms with Gasteiger partial charge in [0, 0.05) is 12.2 Å². The zero-order chi connectivity index (χ0) is 5.41. The van der Waals surface area contributed by atoms with Crippen molar-refractivity contribution in [2.75, 3.05) is 12.5 Å². The van der Waals surface area contributed by atoms with Crippen molar-refractivity contribution < 1.29 is 4.79 Å². The first kappa shape index (κ1) is 9.47. The number of hydrogen-bond donors (Lipinski definition) is 0. The topological polar surface area (TPSA) is 17.1 Å². The molecule has 0 N–H and O–H groups in total. The molecule has 0 rings (SSSR count). The molecule has 3 heteroatoms. The van der Waals surface area contributed by atoms with Crippen LogP contribution in [0.15, 0.2) is 0 Å². The lowest BCUT2D eigenvalue weighted by molar-refractivity contribution is 0.572. The molecule has 0 spiro atoms. The van der Waals surface area contributed by atoms with Gasteiger partial charge >= 0.3 is 0 Å². The van der Waals surface area contributed by atoms with E-state index in [2.05, 4.69) is 12.2 Å². The lowest BCUT2D eigenvalue weighted by atomic mass is 11.9. The number of carbonyl (C=O) groups excluding carboxylic acids is 1. The highest BCUT2D eigenvalue weighted by Crippen LogP contribution is 1.70. The van der Waals surface area contributed by atoms with E-state index in [9.17, 15) is 0 Å². The third-order valence-electron chi connectivity index (χ3n) is 0. The van der Waals surface area contributed by atoms with E-state index in [1.165, 1.54) is 0 Å². The molecule has 0 aromatic rings. The van der Waals surface area contributed by atoms with Gasteiger partial charge < -0.3 is 0 Å². The first-order valence-electron chi connectivity index (χ1n) is 1.22. The average Bonchev–Trinajstić information content (AvgIpc) is 1.39. The van der Waals surface area contributed by atoms with Gasteiger partial charge in [-0.15, -0.1) is 0 Å². The lowest BCUT2D eigenvalue weighted by Gasteiger charge is -1.51. The normalized spacial score (nSPS) is 4.33. The summed E-state index contributed by atoms with van der Waals surface area (Å²) >= 11 is 5.34. The van der Waals surface area contributed by atoms with Crippen LogP contribution in [0.5, 0.6) is 0 Å². The van der Waals surface area contributed by atoms with Gasteiger partial charge in [0.1, 0.15) is 0 Å². The van der Waals surface area contributed by atoms with E-state index in [1.54, 1.807) is 11.8 Å². The van der Waals surface area contributed by atoms with Crippen LogP contribution in [0.25, 0.3) is 0 Å². The smallest absolute Gasteiger partial charge is 0.202 e. The molecule has 0 aliphatic heterocycles. The van der Waals surface area contributed by atoms with Crippen LogP contribution in [-0.2, 0) is 4.79 Å². The molecule has 0 aliphatic carbocycles. The molecule has 0 heterocycles. The zero-order valence-corrected chi connectivity index (χ0v) is 5.36. The van der Waals surface area contributed by atoms with Crippen LogP contribution in [0.4, 0.5) is 0 Å². The van der Waals surface area contributed by atoms with Crippen LogP contribution in [0.3, 0.4) is 0 Å². The number of rotatable bonds is 0. The second kappa shape index (κ2) is 19.2. The Morgan fingerprint density at radius 2 is 1.67 bits per heavy atom. The van der Waals surface area contributed by atoms with Crippen molar-refractivity contribution in [1.82, 2.24) is 0 Å². The van der Waals surface area contributed by atoms with Crippen molar-refractivity contribution in [2.45, 2.75) is 0 Å². The largest absolute Gasteiger partial charge is 0.220 e. The quantitative estimate of drug-likeness (QED) is 0.450. The predicted molar refractivity (Wildman–Crippen MR) is 32.7 cm³/mol. The van der Waals surface area contributed by atoms with Crippen LogP contribution >= 0.6 is 24.0 Å². The van der Waals surface area contributed by atoms with Gasteiger partial charge in [-0.1, -0.05) is 0 Å². The molecule has 0 unspecified atom stereocenters. The monoisotopic (exact) mass is 122 g/mol. The van der Waals surface area contributed by atoms with E-state index in [0.29, 0.717) is 0 Å². The molecule has 0 aromatic carbocycles. The highest BCUT2D eigenvalue weighted by atomic mass is 32.2. The van der Waals surface area contributed by atoms with Gasteiger partial charge in [-0.2, -0.15) is 11.8 Å². The number of thiocarbonyl (C=S) groups is 1. The van der Waals surface area contributed by atoms with E-state index in [-0.39, 0.29) is 0 Å². The summed E-state index contributed by atoms with van der Waals surface area (Å²) in [6.07, 6.45) is 4.08. The van der Waals surface area contributed by atoms with Crippen molar-refractivity contribution in [2.24, 2.45) is 0 Å². The summed E-state index contributed by atoms with van der Waals surface area (Å²) in [5, 5.41) is 1.08. The Labute approximate surface area is 47.1 Å². The standard InChI is InChI=1S/C2H6S.COS/c1-3-2;2-1-3/h1-2H3;. The molecule has 0 radical (unpaired) electrons. The van der Waals surface area contributed by atoms with Gasteiger partial charge in [0.15, 0.2) is 0 Å². The summed E-state index contributed by atoms with van der Waals surface area (Å²) in [6, 6.07) is 0. The van der Waals surface area contributed by atoms with Crippen molar-refractivity contribution in [3.05, 3.63) is 0 Å². The average molecular weight is 122 g/mol. The van der Waals surface area contributed by atoms with Gasteiger partial charge in [0.05, 0.1) is 0 Å². The van der Waals surface area contributed by atoms with Crippen molar-refractivity contribution in [3.8, 4) is 0 Å². The van der Waals surface area contributed by atoms with E-state index >= 15 is 0 Å². The number of thioether (sulfide) groups is 1. The molecule has 0 bridgehead atoms. The number of hydrogen-bond acceptors (Lipinski definition) is 3. The minimum absolute atomic E-state index is 1.08. The van der Waals surface area contributed by atoms with Gasteiger partial charge in [-0.05, 0) is 12.5 Å². The molecule has 1 nitrogen and oxygen atoms in total. The minimum atomic E-state index is 1.08. The maximum atomic E-state index is 8.50. The summed E-state index contributed by atoms with van der Waals surface area (Å²) in [5.74, 6) is 0. The van der Waals surface area contributed by atoms with E-state index in [0.717, 1.165) is 5.23 Å². The summed E-state index contributed by atoms with van der Waals surface area (Å²) in [7, 11) is 0. The van der Waals surface area contributed by atoms with Crippen LogP contribution in [-0.4, -0.2) is 17.7 Å². The van der Waals surface area contributed by atoms with Gasteiger partial charge in [-0.3, -0.25) is 0 Å². The molecule has 0 atom stereocenters. The summed E-state index contributed by atoms with van der Waals surface area (Å²) in [4.78, 5) is 8.50. The lowest BCUT2D eigenvalue weighted by Crippen LogP contribution is -1.25. The molecule has 36 valence electrons. The molecular formula is C3H6OS2. The molecule has 0 amide bonds. The fourth-order valence-corrected chi connectivity index (χ4v) is 0. The maximum Gasteiger partial charge on any atom is 0.202 e. The molecule has 0 saturated carbocycles.